The maximum Gasteiger partial charge on any atom is 0.230 e. The van der Waals surface area contributed by atoms with E-state index in [9.17, 15) is 4.79 Å². The first-order valence-corrected chi connectivity index (χ1v) is 10.5. The van der Waals surface area contributed by atoms with E-state index in [1.165, 1.54) is 16.6 Å². The Morgan fingerprint density at radius 3 is 2.77 bits per heavy atom. The number of carbonyl (C=O) groups is 1. The Morgan fingerprint density at radius 1 is 1.27 bits per heavy atom. The molecule has 0 aliphatic heterocycles. The number of carbonyl (C=O) groups excluding carboxylic acids is 1. The van der Waals surface area contributed by atoms with Gasteiger partial charge in [-0.15, -0.1) is 21.5 Å². The van der Waals surface area contributed by atoms with Gasteiger partial charge in [-0.3, -0.25) is 4.79 Å². The number of amides is 1. The number of hydrogen-bond donors (Lipinski definition) is 1. The predicted molar refractivity (Wildman–Crippen MR) is 107 cm³/mol. The van der Waals surface area contributed by atoms with Crippen molar-refractivity contribution in [1.82, 2.24) is 20.1 Å². The largest absolute Gasteiger partial charge is 0.351 e. The summed E-state index contributed by atoms with van der Waals surface area (Å²) in [5.74, 6) is 1.21. The van der Waals surface area contributed by atoms with E-state index in [0.29, 0.717) is 12.3 Å². The molecular formula is C19H22N4OS2. The number of nitrogens with zero attached hydrogens (tertiary/aromatic N) is 3. The van der Waals surface area contributed by atoms with Gasteiger partial charge < -0.3 is 9.88 Å². The lowest BCUT2D eigenvalue weighted by Crippen LogP contribution is -2.24. The van der Waals surface area contributed by atoms with Crippen LogP contribution in [0.2, 0.25) is 0 Å². The molecule has 2 heterocycles. The van der Waals surface area contributed by atoms with Gasteiger partial charge in [0.15, 0.2) is 11.0 Å². The van der Waals surface area contributed by atoms with Gasteiger partial charge in [0.1, 0.15) is 0 Å². The van der Waals surface area contributed by atoms with Crippen molar-refractivity contribution in [2.45, 2.75) is 38.5 Å². The Balaban J connectivity index is 1.62. The minimum Gasteiger partial charge on any atom is -0.351 e. The molecule has 0 unspecified atom stereocenters. The van der Waals surface area contributed by atoms with Crippen LogP contribution in [0.3, 0.4) is 0 Å². The Bertz CT molecular complexity index is 858. The maximum absolute atomic E-state index is 12.2. The highest BCUT2D eigenvalue weighted by atomic mass is 32.2. The van der Waals surface area contributed by atoms with Crippen LogP contribution in [0.5, 0.6) is 0 Å². The first-order chi connectivity index (χ1) is 12.7. The number of thiophene rings is 1. The molecule has 0 bridgehead atoms. The minimum atomic E-state index is -0.00201. The SMILES string of the molecule is CCCn1c(SCC(=O)NCc2ccccc2)nnc1-c1csc(C)c1. The molecule has 3 rings (SSSR count). The smallest absolute Gasteiger partial charge is 0.230 e. The van der Waals surface area contributed by atoms with Crippen LogP contribution >= 0.6 is 23.1 Å². The number of benzene rings is 1. The molecule has 0 saturated carbocycles. The maximum atomic E-state index is 12.2. The van der Waals surface area contributed by atoms with Crippen LogP contribution in [-0.4, -0.2) is 26.4 Å². The van der Waals surface area contributed by atoms with Crippen molar-refractivity contribution < 1.29 is 4.79 Å². The van der Waals surface area contributed by atoms with Crippen LogP contribution in [-0.2, 0) is 17.9 Å². The van der Waals surface area contributed by atoms with Gasteiger partial charge in [-0.05, 0) is 25.0 Å². The molecular weight excluding hydrogens is 364 g/mol. The third-order valence-electron chi connectivity index (χ3n) is 3.82. The highest BCUT2D eigenvalue weighted by molar-refractivity contribution is 7.99. The molecule has 26 heavy (non-hydrogen) atoms. The van der Waals surface area contributed by atoms with E-state index in [4.69, 9.17) is 0 Å². The first-order valence-electron chi connectivity index (χ1n) is 8.59. The zero-order valence-corrected chi connectivity index (χ0v) is 16.6. The van der Waals surface area contributed by atoms with Crippen molar-refractivity contribution in [2.75, 3.05) is 5.75 Å². The zero-order chi connectivity index (χ0) is 18.4. The van der Waals surface area contributed by atoms with E-state index in [2.05, 4.69) is 45.4 Å². The topological polar surface area (TPSA) is 59.8 Å². The van der Waals surface area contributed by atoms with E-state index in [1.807, 2.05) is 30.3 Å². The second-order valence-corrected chi connectivity index (χ2v) is 8.01. The summed E-state index contributed by atoms with van der Waals surface area (Å²) >= 11 is 3.14. The molecule has 2 aromatic heterocycles. The molecule has 1 N–H and O–H groups in total. The first kappa shape index (κ1) is 18.7. The average Bonchev–Trinajstić information content (AvgIpc) is 3.25. The van der Waals surface area contributed by atoms with Crippen molar-refractivity contribution >= 4 is 29.0 Å². The minimum absolute atomic E-state index is 0.00201. The average molecular weight is 387 g/mol. The Morgan fingerprint density at radius 2 is 2.08 bits per heavy atom. The third-order valence-corrected chi connectivity index (χ3v) is 5.65. The summed E-state index contributed by atoms with van der Waals surface area (Å²) in [4.78, 5) is 13.4. The van der Waals surface area contributed by atoms with Crippen LogP contribution in [0.15, 0.2) is 46.9 Å². The summed E-state index contributed by atoms with van der Waals surface area (Å²) in [6, 6.07) is 12.0. The fourth-order valence-corrected chi connectivity index (χ4v) is 4.05. The van der Waals surface area contributed by atoms with Crippen LogP contribution in [0.4, 0.5) is 0 Å². The van der Waals surface area contributed by atoms with Gasteiger partial charge in [-0.2, -0.15) is 0 Å². The lowest BCUT2D eigenvalue weighted by atomic mass is 10.2. The lowest BCUT2D eigenvalue weighted by molar-refractivity contribution is -0.118. The van der Waals surface area contributed by atoms with E-state index in [-0.39, 0.29) is 5.91 Å². The summed E-state index contributed by atoms with van der Waals surface area (Å²) in [6.07, 6.45) is 0.988. The molecule has 0 spiro atoms. The molecule has 0 fully saturated rings. The van der Waals surface area contributed by atoms with Crippen molar-refractivity contribution in [3.63, 3.8) is 0 Å². The van der Waals surface area contributed by atoms with Crippen molar-refractivity contribution in [3.8, 4) is 11.4 Å². The molecule has 1 aromatic carbocycles. The second kappa shape index (κ2) is 9.00. The van der Waals surface area contributed by atoms with Crippen molar-refractivity contribution in [1.29, 1.82) is 0 Å². The monoisotopic (exact) mass is 386 g/mol. The number of rotatable bonds is 8. The van der Waals surface area contributed by atoms with Gasteiger partial charge >= 0.3 is 0 Å². The fourth-order valence-electron chi connectivity index (χ4n) is 2.57. The highest BCUT2D eigenvalue weighted by Crippen LogP contribution is 2.27. The fraction of sp³-hybridized carbons (Fsp3) is 0.316. The summed E-state index contributed by atoms with van der Waals surface area (Å²) in [5, 5.41) is 14.5. The number of aryl methyl sites for hydroxylation is 1. The third kappa shape index (κ3) is 4.74. The van der Waals surface area contributed by atoms with E-state index in [0.717, 1.165) is 35.1 Å². The number of aromatic nitrogens is 3. The predicted octanol–water partition coefficient (Wildman–Crippen LogP) is 4.13. The van der Waals surface area contributed by atoms with Gasteiger partial charge in [0.05, 0.1) is 5.75 Å². The normalized spacial score (nSPS) is 10.8. The zero-order valence-electron chi connectivity index (χ0n) is 14.9. The van der Waals surface area contributed by atoms with E-state index >= 15 is 0 Å². The molecule has 0 atom stereocenters. The lowest BCUT2D eigenvalue weighted by Gasteiger charge is -2.08. The molecule has 1 amide bonds. The molecule has 136 valence electrons. The van der Waals surface area contributed by atoms with Crippen LogP contribution in [0, 0.1) is 6.92 Å². The summed E-state index contributed by atoms with van der Waals surface area (Å²) in [5.41, 5.74) is 2.18. The van der Waals surface area contributed by atoms with Gasteiger partial charge in [-0.1, -0.05) is 49.0 Å². The van der Waals surface area contributed by atoms with Crippen molar-refractivity contribution in [3.05, 3.63) is 52.2 Å². The summed E-state index contributed by atoms with van der Waals surface area (Å²) in [6.45, 7) is 5.59. The number of hydrogen-bond acceptors (Lipinski definition) is 5. The highest BCUT2D eigenvalue weighted by Gasteiger charge is 2.16. The molecule has 0 saturated heterocycles. The van der Waals surface area contributed by atoms with Crippen LogP contribution in [0.1, 0.15) is 23.8 Å². The Kier molecular flexibility index (Phi) is 6.46. The Hall–Kier alpha value is -2.12. The Labute approximate surface area is 161 Å². The molecule has 0 radical (unpaired) electrons. The summed E-state index contributed by atoms with van der Waals surface area (Å²) < 4.78 is 2.11. The van der Waals surface area contributed by atoms with E-state index in [1.54, 1.807) is 11.3 Å². The van der Waals surface area contributed by atoms with Gasteiger partial charge in [0.25, 0.3) is 0 Å². The van der Waals surface area contributed by atoms with Gasteiger partial charge in [0, 0.05) is 28.9 Å². The van der Waals surface area contributed by atoms with Crippen LogP contribution < -0.4 is 5.32 Å². The molecule has 5 nitrogen and oxygen atoms in total. The van der Waals surface area contributed by atoms with Crippen molar-refractivity contribution in [2.24, 2.45) is 0 Å². The number of nitrogens with one attached hydrogen (secondary N) is 1. The standard InChI is InChI=1S/C19H22N4OS2/c1-3-9-23-18(16-10-14(2)25-12-16)21-22-19(23)26-13-17(24)20-11-15-7-5-4-6-8-15/h4-8,10,12H,3,9,11,13H2,1-2H3,(H,20,24). The van der Waals surface area contributed by atoms with Gasteiger partial charge in [0.2, 0.25) is 5.91 Å². The summed E-state index contributed by atoms with van der Waals surface area (Å²) in [7, 11) is 0. The quantitative estimate of drug-likeness (QED) is 0.591. The molecule has 7 heteroatoms. The van der Waals surface area contributed by atoms with E-state index < -0.39 is 0 Å². The molecule has 3 aromatic rings. The number of thioether (sulfide) groups is 1. The van der Waals surface area contributed by atoms with Crippen LogP contribution in [0.25, 0.3) is 11.4 Å². The molecule has 0 aliphatic rings. The van der Waals surface area contributed by atoms with Gasteiger partial charge in [-0.25, -0.2) is 0 Å². The molecule has 0 aliphatic carbocycles. The second-order valence-electron chi connectivity index (χ2n) is 5.95.